The molecule has 2 aliphatic rings. The van der Waals surface area contributed by atoms with Crippen molar-refractivity contribution in [3.8, 4) is 5.75 Å². The number of ether oxygens (including phenoxy) is 1. The van der Waals surface area contributed by atoms with Gasteiger partial charge >= 0.3 is 0 Å². The summed E-state index contributed by atoms with van der Waals surface area (Å²) in [6.45, 7) is 3.91. The van der Waals surface area contributed by atoms with Crippen LogP contribution >= 0.6 is 0 Å². The van der Waals surface area contributed by atoms with Crippen molar-refractivity contribution in [2.24, 2.45) is 0 Å². The minimum absolute atomic E-state index is 0.00384. The van der Waals surface area contributed by atoms with Gasteiger partial charge in [0.05, 0.1) is 0 Å². The molecule has 0 aromatic heterocycles. The summed E-state index contributed by atoms with van der Waals surface area (Å²) in [5, 5.41) is 3.21. The number of rotatable bonds is 4. The van der Waals surface area contributed by atoms with Crippen molar-refractivity contribution in [3.63, 3.8) is 0 Å². The Morgan fingerprint density at radius 1 is 1.23 bits per heavy atom. The summed E-state index contributed by atoms with van der Waals surface area (Å²) in [5.74, 6) is 0.777. The topological polar surface area (TPSA) is 61.9 Å². The Morgan fingerprint density at radius 2 is 2.05 bits per heavy atom. The molecule has 2 heterocycles. The number of carbonyl (C=O) groups excluding carboxylic acids is 2. The van der Waals surface area contributed by atoms with E-state index in [9.17, 15) is 9.59 Å². The summed E-state index contributed by atoms with van der Waals surface area (Å²) in [5.41, 5.74) is 0.842. The Hall–Kier alpha value is -2.08. The Bertz CT molecular complexity index is 555. The average Bonchev–Trinajstić information content (AvgIpc) is 3.00. The lowest BCUT2D eigenvalue weighted by Gasteiger charge is -2.27. The van der Waals surface area contributed by atoms with Gasteiger partial charge in [-0.15, -0.1) is 0 Å². The van der Waals surface area contributed by atoms with Gasteiger partial charge in [0, 0.05) is 50.9 Å². The summed E-state index contributed by atoms with van der Waals surface area (Å²) < 4.78 is 5.61. The van der Waals surface area contributed by atoms with Crippen LogP contribution in [0.3, 0.4) is 0 Å². The molecule has 1 aromatic rings. The SMILES string of the molecule is O=C(COc1cccc(N2CCCC2=O)c1)N1CCNCC1. The first-order valence-electron chi connectivity index (χ1n) is 7.76. The smallest absolute Gasteiger partial charge is 0.260 e. The number of hydrogen-bond acceptors (Lipinski definition) is 4. The molecule has 0 bridgehead atoms. The Labute approximate surface area is 130 Å². The zero-order valence-electron chi connectivity index (χ0n) is 12.6. The predicted octanol–water partition coefficient (Wildman–Crippen LogP) is 0.624. The van der Waals surface area contributed by atoms with Crippen LogP contribution in [0.1, 0.15) is 12.8 Å². The average molecular weight is 303 g/mol. The number of piperazine rings is 1. The van der Waals surface area contributed by atoms with E-state index in [-0.39, 0.29) is 18.4 Å². The maximum Gasteiger partial charge on any atom is 0.260 e. The second-order valence-corrected chi connectivity index (χ2v) is 5.57. The van der Waals surface area contributed by atoms with Crippen molar-refractivity contribution in [2.75, 3.05) is 44.2 Å². The van der Waals surface area contributed by atoms with Gasteiger partial charge < -0.3 is 19.9 Å². The molecule has 1 N–H and O–H groups in total. The Balaban J connectivity index is 1.58. The van der Waals surface area contributed by atoms with Crippen LogP contribution < -0.4 is 15.0 Å². The standard InChI is InChI=1S/C16H21N3O3/c20-15-5-2-8-19(15)13-3-1-4-14(11-13)22-12-16(21)18-9-6-17-7-10-18/h1,3-4,11,17H,2,5-10,12H2. The fraction of sp³-hybridized carbons (Fsp3) is 0.500. The third-order valence-electron chi connectivity index (χ3n) is 4.03. The van der Waals surface area contributed by atoms with Crippen LogP contribution in [-0.2, 0) is 9.59 Å². The van der Waals surface area contributed by atoms with E-state index in [0.29, 0.717) is 12.2 Å². The molecule has 0 spiro atoms. The van der Waals surface area contributed by atoms with Crippen molar-refractivity contribution in [3.05, 3.63) is 24.3 Å². The van der Waals surface area contributed by atoms with Crippen molar-refractivity contribution < 1.29 is 14.3 Å². The van der Waals surface area contributed by atoms with Crippen LogP contribution in [0.25, 0.3) is 0 Å². The fourth-order valence-electron chi connectivity index (χ4n) is 2.81. The highest BCUT2D eigenvalue weighted by atomic mass is 16.5. The maximum absolute atomic E-state index is 12.1. The maximum atomic E-state index is 12.1. The van der Waals surface area contributed by atoms with Gasteiger partial charge in [0.2, 0.25) is 5.91 Å². The zero-order valence-corrected chi connectivity index (χ0v) is 12.6. The van der Waals surface area contributed by atoms with Crippen LogP contribution in [0.5, 0.6) is 5.75 Å². The predicted molar refractivity (Wildman–Crippen MR) is 83.0 cm³/mol. The third kappa shape index (κ3) is 3.39. The van der Waals surface area contributed by atoms with E-state index < -0.39 is 0 Å². The van der Waals surface area contributed by atoms with Gasteiger partial charge in [-0.05, 0) is 18.6 Å². The minimum atomic E-state index is 0.00384. The van der Waals surface area contributed by atoms with Gasteiger partial charge in [-0.2, -0.15) is 0 Å². The Morgan fingerprint density at radius 3 is 2.77 bits per heavy atom. The van der Waals surface area contributed by atoms with Gasteiger partial charge in [-0.1, -0.05) is 6.07 Å². The van der Waals surface area contributed by atoms with E-state index >= 15 is 0 Å². The van der Waals surface area contributed by atoms with E-state index in [1.165, 1.54) is 0 Å². The summed E-state index contributed by atoms with van der Waals surface area (Å²) in [4.78, 5) is 27.4. The summed E-state index contributed by atoms with van der Waals surface area (Å²) >= 11 is 0. The van der Waals surface area contributed by atoms with Crippen LogP contribution in [0.15, 0.2) is 24.3 Å². The van der Waals surface area contributed by atoms with Crippen molar-refractivity contribution in [1.82, 2.24) is 10.2 Å². The van der Waals surface area contributed by atoms with Crippen molar-refractivity contribution in [1.29, 1.82) is 0 Å². The highest BCUT2D eigenvalue weighted by Gasteiger charge is 2.22. The lowest BCUT2D eigenvalue weighted by atomic mass is 10.3. The second-order valence-electron chi connectivity index (χ2n) is 5.57. The van der Waals surface area contributed by atoms with Gasteiger partial charge in [0.15, 0.2) is 6.61 Å². The first-order valence-corrected chi connectivity index (χ1v) is 7.76. The quantitative estimate of drug-likeness (QED) is 0.886. The van der Waals surface area contributed by atoms with Crippen LogP contribution in [0.2, 0.25) is 0 Å². The lowest BCUT2D eigenvalue weighted by molar-refractivity contribution is -0.133. The normalized spacial score (nSPS) is 18.6. The lowest BCUT2D eigenvalue weighted by Crippen LogP contribution is -2.47. The molecule has 6 heteroatoms. The van der Waals surface area contributed by atoms with E-state index in [0.717, 1.165) is 44.8 Å². The molecule has 2 aliphatic heterocycles. The molecule has 1 aromatic carbocycles. The molecule has 0 aliphatic carbocycles. The first kappa shape index (κ1) is 14.8. The number of benzene rings is 1. The summed E-state index contributed by atoms with van der Waals surface area (Å²) in [6, 6.07) is 7.39. The molecular weight excluding hydrogens is 282 g/mol. The first-order chi connectivity index (χ1) is 10.7. The molecule has 6 nitrogen and oxygen atoms in total. The van der Waals surface area contributed by atoms with E-state index in [1.807, 2.05) is 29.2 Å². The zero-order chi connectivity index (χ0) is 15.4. The number of nitrogens with zero attached hydrogens (tertiary/aromatic N) is 2. The van der Waals surface area contributed by atoms with Crippen molar-refractivity contribution in [2.45, 2.75) is 12.8 Å². The molecule has 2 amide bonds. The molecule has 22 heavy (non-hydrogen) atoms. The van der Waals surface area contributed by atoms with Gasteiger partial charge in [0.1, 0.15) is 5.75 Å². The number of carbonyl (C=O) groups is 2. The largest absolute Gasteiger partial charge is 0.484 e. The second kappa shape index (κ2) is 6.79. The monoisotopic (exact) mass is 303 g/mol. The molecule has 2 saturated heterocycles. The number of hydrogen-bond donors (Lipinski definition) is 1. The molecule has 0 atom stereocenters. The molecule has 118 valence electrons. The Kier molecular flexibility index (Phi) is 4.58. The number of anilines is 1. The summed E-state index contributed by atoms with van der Waals surface area (Å²) in [7, 11) is 0. The molecule has 0 unspecified atom stereocenters. The van der Waals surface area contributed by atoms with E-state index in [4.69, 9.17) is 4.74 Å². The highest BCUT2D eigenvalue weighted by Crippen LogP contribution is 2.25. The highest BCUT2D eigenvalue weighted by molar-refractivity contribution is 5.95. The molecule has 3 rings (SSSR count). The van der Waals surface area contributed by atoms with Crippen LogP contribution in [0.4, 0.5) is 5.69 Å². The molecule has 0 radical (unpaired) electrons. The van der Waals surface area contributed by atoms with Crippen molar-refractivity contribution >= 4 is 17.5 Å². The summed E-state index contributed by atoms with van der Waals surface area (Å²) in [6.07, 6.45) is 1.50. The van der Waals surface area contributed by atoms with Crippen LogP contribution in [0, 0.1) is 0 Å². The third-order valence-corrected chi connectivity index (χ3v) is 4.03. The van der Waals surface area contributed by atoms with E-state index in [2.05, 4.69) is 5.32 Å². The van der Waals surface area contributed by atoms with Gasteiger partial charge in [-0.25, -0.2) is 0 Å². The number of nitrogens with one attached hydrogen (secondary N) is 1. The van der Waals surface area contributed by atoms with Gasteiger partial charge in [0.25, 0.3) is 5.91 Å². The van der Waals surface area contributed by atoms with Gasteiger partial charge in [-0.3, -0.25) is 9.59 Å². The number of amides is 2. The molecule has 0 saturated carbocycles. The van der Waals surface area contributed by atoms with Crippen LogP contribution in [-0.4, -0.2) is 56.0 Å². The molecule has 2 fully saturated rings. The molecular formula is C16H21N3O3. The van der Waals surface area contributed by atoms with E-state index in [1.54, 1.807) is 4.90 Å². The fourth-order valence-corrected chi connectivity index (χ4v) is 2.81. The minimum Gasteiger partial charge on any atom is -0.484 e.